The molecule has 0 radical (unpaired) electrons. The van der Waals surface area contributed by atoms with Gasteiger partial charge in [-0.15, -0.1) is 0 Å². The molecule has 0 bridgehead atoms. The zero-order valence-corrected chi connectivity index (χ0v) is 15.1. The molecule has 0 saturated carbocycles. The molecule has 0 N–H and O–H groups in total. The van der Waals surface area contributed by atoms with Gasteiger partial charge < -0.3 is 4.74 Å². The third-order valence-electron chi connectivity index (χ3n) is 3.13. The number of hydrogen-bond acceptors (Lipinski definition) is 3. The minimum absolute atomic E-state index is 0.0354. The number of carbonyl (C=O) groups excluding carboxylic acids is 1. The van der Waals surface area contributed by atoms with Gasteiger partial charge in [0, 0.05) is 22.6 Å². The van der Waals surface area contributed by atoms with Crippen LogP contribution in [0.4, 0.5) is 8.78 Å². The number of amides is 1. The van der Waals surface area contributed by atoms with Crippen LogP contribution in [-0.2, 0) is 9.63 Å². The summed E-state index contributed by atoms with van der Waals surface area (Å²) in [6, 6.07) is 8.23. The van der Waals surface area contributed by atoms with Gasteiger partial charge in [0.05, 0.1) is 12.7 Å². The third kappa shape index (κ3) is 4.23. The molecule has 4 nitrogen and oxygen atoms in total. The van der Waals surface area contributed by atoms with Crippen molar-refractivity contribution in [2.45, 2.75) is 6.17 Å². The molecule has 0 aromatic heterocycles. The Hall–Kier alpha value is -1.70. The average Bonchev–Trinajstić information content (AvgIpc) is 2.52. The zero-order valence-electron chi connectivity index (χ0n) is 12.7. The van der Waals surface area contributed by atoms with Crippen LogP contribution in [0.3, 0.4) is 0 Å². The summed E-state index contributed by atoms with van der Waals surface area (Å²) in [7, 11) is 2.54. The van der Waals surface area contributed by atoms with E-state index in [2.05, 4.69) is 15.9 Å². The van der Waals surface area contributed by atoms with E-state index in [1.54, 1.807) is 12.1 Å². The largest absolute Gasteiger partial charge is 0.457 e. The first-order valence-electron chi connectivity index (χ1n) is 6.71. The molecule has 24 heavy (non-hydrogen) atoms. The Morgan fingerprint density at radius 1 is 1.33 bits per heavy atom. The summed E-state index contributed by atoms with van der Waals surface area (Å²) in [5, 5.41) is 0.904. The highest BCUT2D eigenvalue weighted by atomic mass is 79.9. The number of rotatable bonds is 5. The molecular weight excluding hydrogens is 408 g/mol. The maximum atomic E-state index is 14.7. The molecule has 1 unspecified atom stereocenters. The normalized spacial score (nSPS) is 11.9. The molecule has 0 heterocycles. The molecule has 0 aliphatic heterocycles. The van der Waals surface area contributed by atoms with Crippen molar-refractivity contribution in [1.82, 2.24) is 5.06 Å². The van der Waals surface area contributed by atoms with Gasteiger partial charge in [-0.2, -0.15) is 0 Å². The summed E-state index contributed by atoms with van der Waals surface area (Å²) in [5.41, 5.74) is -0.0354. The SMILES string of the molecule is CON(C)C(=O)C(F)c1c(Br)cccc1Oc1cc(F)cc(Cl)c1. The molecule has 0 fully saturated rings. The van der Waals surface area contributed by atoms with E-state index in [0.717, 1.165) is 17.2 Å². The second kappa shape index (κ2) is 7.92. The summed E-state index contributed by atoms with van der Waals surface area (Å²) in [5.74, 6) is -1.37. The second-order valence-electron chi connectivity index (χ2n) is 4.74. The maximum absolute atomic E-state index is 14.7. The van der Waals surface area contributed by atoms with Crippen molar-refractivity contribution in [3.63, 3.8) is 0 Å². The first-order valence-corrected chi connectivity index (χ1v) is 7.88. The zero-order chi connectivity index (χ0) is 17.9. The topological polar surface area (TPSA) is 38.8 Å². The number of alkyl halides is 1. The number of nitrogens with zero attached hydrogens (tertiary/aromatic N) is 1. The van der Waals surface area contributed by atoms with Crippen LogP contribution in [0, 0.1) is 5.82 Å². The Kier molecular flexibility index (Phi) is 6.15. The molecule has 1 amide bonds. The van der Waals surface area contributed by atoms with Crippen molar-refractivity contribution in [3.8, 4) is 11.5 Å². The van der Waals surface area contributed by atoms with Crippen LogP contribution in [0.5, 0.6) is 11.5 Å². The fourth-order valence-electron chi connectivity index (χ4n) is 1.94. The summed E-state index contributed by atoms with van der Waals surface area (Å²) >= 11 is 8.98. The van der Waals surface area contributed by atoms with Crippen LogP contribution in [0.2, 0.25) is 5.02 Å². The van der Waals surface area contributed by atoms with Gasteiger partial charge in [-0.1, -0.05) is 33.6 Å². The van der Waals surface area contributed by atoms with Crippen molar-refractivity contribution < 1.29 is 23.1 Å². The molecule has 0 spiro atoms. The Morgan fingerprint density at radius 2 is 2.04 bits per heavy atom. The van der Waals surface area contributed by atoms with E-state index in [1.807, 2.05) is 0 Å². The fourth-order valence-corrected chi connectivity index (χ4v) is 2.70. The molecule has 2 rings (SSSR count). The van der Waals surface area contributed by atoms with E-state index < -0.39 is 17.9 Å². The van der Waals surface area contributed by atoms with E-state index in [1.165, 1.54) is 26.3 Å². The van der Waals surface area contributed by atoms with Crippen molar-refractivity contribution in [3.05, 3.63) is 57.3 Å². The van der Waals surface area contributed by atoms with Crippen LogP contribution in [0.25, 0.3) is 0 Å². The van der Waals surface area contributed by atoms with E-state index in [-0.39, 0.29) is 22.1 Å². The number of hydroxylamine groups is 2. The Labute approximate surface area is 151 Å². The third-order valence-corrected chi connectivity index (χ3v) is 4.04. The van der Waals surface area contributed by atoms with Gasteiger partial charge in [0.1, 0.15) is 17.3 Å². The van der Waals surface area contributed by atoms with Gasteiger partial charge in [-0.3, -0.25) is 9.63 Å². The van der Waals surface area contributed by atoms with Gasteiger partial charge in [0.25, 0.3) is 5.91 Å². The minimum atomic E-state index is -2.04. The van der Waals surface area contributed by atoms with Gasteiger partial charge in [-0.05, 0) is 24.3 Å². The van der Waals surface area contributed by atoms with E-state index in [4.69, 9.17) is 21.2 Å². The average molecular weight is 421 g/mol. The highest BCUT2D eigenvalue weighted by Gasteiger charge is 2.29. The quantitative estimate of drug-likeness (QED) is 0.634. The molecule has 0 aliphatic carbocycles. The lowest BCUT2D eigenvalue weighted by Gasteiger charge is -2.19. The fraction of sp³-hybridized carbons (Fsp3) is 0.188. The predicted octanol–water partition coefficient (Wildman–Crippen LogP) is 5.06. The van der Waals surface area contributed by atoms with E-state index in [9.17, 15) is 13.6 Å². The number of hydrogen-bond donors (Lipinski definition) is 0. The minimum Gasteiger partial charge on any atom is -0.457 e. The lowest BCUT2D eigenvalue weighted by molar-refractivity contribution is -0.174. The van der Waals surface area contributed by atoms with Gasteiger partial charge in [0.2, 0.25) is 6.17 Å². The van der Waals surface area contributed by atoms with Gasteiger partial charge in [-0.25, -0.2) is 13.8 Å². The number of benzene rings is 2. The van der Waals surface area contributed by atoms with Crippen molar-refractivity contribution in [2.24, 2.45) is 0 Å². The summed E-state index contributed by atoms with van der Waals surface area (Å²) in [4.78, 5) is 16.7. The van der Waals surface area contributed by atoms with Gasteiger partial charge >= 0.3 is 0 Å². The Bertz CT molecular complexity index is 740. The number of carbonyl (C=O) groups is 1. The monoisotopic (exact) mass is 419 g/mol. The van der Waals surface area contributed by atoms with E-state index >= 15 is 0 Å². The summed E-state index contributed by atoms with van der Waals surface area (Å²) < 4.78 is 33.9. The van der Waals surface area contributed by atoms with Crippen LogP contribution in [0.15, 0.2) is 40.9 Å². The molecule has 2 aromatic carbocycles. The highest BCUT2D eigenvalue weighted by Crippen LogP contribution is 2.38. The lowest BCUT2D eigenvalue weighted by atomic mass is 10.1. The molecule has 2 aromatic rings. The van der Waals surface area contributed by atoms with Crippen molar-refractivity contribution in [2.75, 3.05) is 14.2 Å². The van der Waals surface area contributed by atoms with Crippen molar-refractivity contribution >= 4 is 33.4 Å². The van der Waals surface area contributed by atoms with E-state index in [0.29, 0.717) is 4.47 Å². The highest BCUT2D eigenvalue weighted by molar-refractivity contribution is 9.10. The summed E-state index contributed by atoms with van der Waals surface area (Å²) in [6.07, 6.45) is -2.04. The first-order chi connectivity index (χ1) is 11.3. The molecule has 8 heteroatoms. The molecular formula is C16H13BrClF2NO3. The Morgan fingerprint density at radius 3 is 2.67 bits per heavy atom. The lowest BCUT2D eigenvalue weighted by Crippen LogP contribution is -2.29. The van der Waals surface area contributed by atoms with Crippen LogP contribution >= 0.6 is 27.5 Å². The number of halogens is 4. The summed E-state index contributed by atoms with van der Waals surface area (Å²) in [6.45, 7) is 0. The van der Waals surface area contributed by atoms with Crippen LogP contribution < -0.4 is 4.74 Å². The van der Waals surface area contributed by atoms with Gasteiger partial charge in [0.15, 0.2) is 0 Å². The smallest absolute Gasteiger partial charge is 0.285 e. The second-order valence-corrected chi connectivity index (χ2v) is 6.03. The molecule has 1 atom stereocenters. The molecule has 0 aliphatic rings. The molecule has 0 saturated heterocycles. The van der Waals surface area contributed by atoms with Crippen LogP contribution in [-0.4, -0.2) is 25.1 Å². The van der Waals surface area contributed by atoms with Crippen molar-refractivity contribution in [1.29, 1.82) is 0 Å². The molecule has 128 valence electrons. The Balaban J connectivity index is 2.41. The maximum Gasteiger partial charge on any atom is 0.285 e. The number of ether oxygens (including phenoxy) is 1. The number of likely N-dealkylation sites (N-methyl/N-ethyl adjacent to an activating group) is 1. The standard InChI is InChI=1S/C16H13BrClF2NO3/c1-21(23-2)16(22)15(20)14-12(17)4-3-5-13(14)24-11-7-9(18)6-10(19)8-11/h3-8,15H,1-2H3. The predicted molar refractivity (Wildman–Crippen MR) is 89.3 cm³/mol. The first kappa shape index (κ1) is 18.6. The van der Waals surface area contributed by atoms with Crippen LogP contribution in [0.1, 0.15) is 11.7 Å².